The zero-order valence-electron chi connectivity index (χ0n) is 37.6. The Morgan fingerprint density at radius 1 is 0.848 bits per heavy atom. The number of ether oxygens (including phenoxy) is 1. The number of nitrogens with one attached hydrogen (secondary N) is 1. The molecule has 4 amide bonds. The topological polar surface area (TPSA) is 137 Å². The predicted octanol–water partition coefficient (Wildman–Crippen LogP) is 6.35. The van der Waals surface area contributed by atoms with E-state index in [4.69, 9.17) is 21.3 Å². The molecule has 1 aromatic heterocycles. The molecule has 4 saturated heterocycles. The van der Waals surface area contributed by atoms with Gasteiger partial charge in [0.15, 0.2) is 0 Å². The largest absolute Gasteiger partial charge is 0.492 e. The van der Waals surface area contributed by atoms with Gasteiger partial charge in [0.05, 0.1) is 40.2 Å². The molecule has 0 unspecified atom stereocenters. The molecule has 13 nitrogen and oxygen atoms in total. The van der Waals surface area contributed by atoms with Crippen molar-refractivity contribution in [3.8, 4) is 11.4 Å². The van der Waals surface area contributed by atoms with Crippen LogP contribution in [0.1, 0.15) is 134 Å². The van der Waals surface area contributed by atoms with Gasteiger partial charge in [0.2, 0.25) is 17.7 Å². The van der Waals surface area contributed by atoms with Gasteiger partial charge in [-0.1, -0.05) is 55.1 Å². The van der Waals surface area contributed by atoms with Crippen LogP contribution in [0.5, 0.6) is 5.75 Å². The van der Waals surface area contributed by atoms with Crippen molar-refractivity contribution < 1.29 is 23.9 Å². The molecule has 0 radical (unpaired) electrons. The molecule has 1 atom stereocenters. The Balaban J connectivity index is 0.630. The van der Waals surface area contributed by atoms with Crippen molar-refractivity contribution in [2.75, 3.05) is 52.4 Å². The minimum atomic E-state index is -0.642. The number of carbonyl (C=O) groups is 4. The second kappa shape index (κ2) is 16.3. The summed E-state index contributed by atoms with van der Waals surface area (Å²) in [7, 11) is 0. The molecule has 66 heavy (non-hydrogen) atoms. The van der Waals surface area contributed by atoms with E-state index in [0.717, 1.165) is 138 Å². The van der Waals surface area contributed by atoms with E-state index in [2.05, 4.69) is 48.8 Å². The van der Waals surface area contributed by atoms with E-state index in [0.29, 0.717) is 53.9 Å². The molecule has 1 N–H and O–H groups in total. The zero-order valence-corrected chi connectivity index (χ0v) is 38.4. The highest BCUT2D eigenvalue weighted by molar-refractivity contribution is 6.35. The fraction of sp³-hybridized carbons (Fsp3) is 0.538. The molecule has 5 fully saturated rings. The van der Waals surface area contributed by atoms with Crippen molar-refractivity contribution in [3.05, 3.63) is 97.5 Å². The van der Waals surface area contributed by atoms with Gasteiger partial charge in [-0.15, -0.1) is 0 Å². The quantitative estimate of drug-likeness (QED) is 0.220. The average Bonchev–Trinajstić information content (AvgIpc) is 3.95. The molecule has 344 valence electrons. The normalized spacial score (nSPS) is 24.1. The van der Waals surface area contributed by atoms with Crippen LogP contribution in [0.25, 0.3) is 16.6 Å². The van der Waals surface area contributed by atoms with Gasteiger partial charge < -0.3 is 24.3 Å². The van der Waals surface area contributed by atoms with Crippen LogP contribution in [0.15, 0.2) is 53.3 Å². The number of halogens is 1. The molecule has 1 saturated carbocycles. The van der Waals surface area contributed by atoms with Gasteiger partial charge >= 0.3 is 0 Å². The van der Waals surface area contributed by atoms with E-state index in [1.54, 1.807) is 11.0 Å². The number of fused-ring (bicyclic) bond motifs is 11. The second-order valence-electron chi connectivity index (χ2n) is 20.6. The van der Waals surface area contributed by atoms with E-state index in [1.165, 1.54) is 23.1 Å². The van der Waals surface area contributed by atoms with E-state index in [-0.39, 0.29) is 40.5 Å². The zero-order chi connectivity index (χ0) is 44.9. The Bertz CT molecular complexity index is 2740. The number of imide groups is 1. The van der Waals surface area contributed by atoms with Crippen molar-refractivity contribution in [2.24, 2.45) is 0 Å². The Kier molecular flexibility index (Phi) is 10.4. The summed E-state index contributed by atoms with van der Waals surface area (Å²) in [5, 5.41) is 3.34. The van der Waals surface area contributed by atoms with Crippen molar-refractivity contribution in [1.29, 1.82) is 0 Å². The standard InChI is InChI=1S/C52H58ClN7O6/c53-39-5-4-6-40-45(39)48(64)55-50-52(18-2-1-3-19-52)37-9-7-33(29-42(37)60(40)50)32-13-22-56(23-14-32)24-17-44(62)58-25-15-34(16-26-58)57-27-20-51(21-28-57)31-66-46-36-30-59(41-11-12-43(61)54-47(41)63)49(65)35(36)8-10-38(46)51/h4-10,29,32,34,41H,1-3,11-28,30-31H2,(H,54,61,63)/t41-/m0/s1. The Labute approximate surface area is 389 Å². The molecular weight excluding hydrogens is 854 g/mol. The van der Waals surface area contributed by atoms with Gasteiger partial charge in [0, 0.05) is 60.6 Å². The van der Waals surface area contributed by atoms with E-state index < -0.39 is 11.9 Å². The number of hydrogen-bond acceptors (Lipinski definition) is 9. The summed E-state index contributed by atoms with van der Waals surface area (Å²) in [6.07, 6.45) is 12.6. The van der Waals surface area contributed by atoms with Gasteiger partial charge in [0.1, 0.15) is 17.6 Å². The van der Waals surface area contributed by atoms with Gasteiger partial charge in [-0.05, 0) is 125 Å². The second-order valence-corrected chi connectivity index (χ2v) is 21.0. The minimum absolute atomic E-state index is 0.0898. The van der Waals surface area contributed by atoms with Crippen molar-refractivity contribution >= 4 is 46.1 Å². The van der Waals surface area contributed by atoms with E-state index in [1.807, 2.05) is 18.2 Å². The monoisotopic (exact) mass is 911 g/mol. The number of benzene rings is 3. The SMILES string of the molecule is O=C1CC[C@H](N2Cc3c(ccc4c3OCC43CCN(C4CCN(C(=O)CCN5CCC(c6ccc7c(c6)-n6c(nc(=O)c8c(Cl)cccc86)C76CCCCC6)CC5)CC4)CC3)C2=O)C(=O)N1. The Hall–Kier alpha value is -5.11. The first-order valence-corrected chi connectivity index (χ1v) is 25.0. The molecule has 1 aliphatic carbocycles. The lowest BCUT2D eigenvalue weighted by Gasteiger charge is -2.44. The maximum absolute atomic E-state index is 13.6. The van der Waals surface area contributed by atoms with Crippen LogP contribution in [-0.4, -0.2) is 117 Å². The molecular formula is C52H58ClN7O6. The molecule has 12 rings (SSSR count). The van der Waals surface area contributed by atoms with E-state index in [9.17, 15) is 24.0 Å². The Morgan fingerprint density at radius 3 is 2.39 bits per heavy atom. The van der Waals surface area contributed by atoms with Gasteiger partial charge in [0.25, 0.3) is 11.5 Å². The average molecular weight is 913 g/mol. The van der Waals surface area contributed by atoms with Gasteiger partial charge in [-0.2, -0.15) is 4.98 Å². The Morgan fingerprint density at radius 2 is 1.62 bits per heavy atom. The maximum atomic E-state index is 13.6. The van der Waals surface area contributed by atoms with Crippen LogP contribution in [0.4, 0.5) is 0 Å². The summed E-state index contributed by atoms with van der Waals surface area (Å²) in [6.45, 7) is 7.21. The van der Waals surface area contributed by atoms with Gasteiger partial charge in [-0.25, -0.2) is 0 Å². The summed E-state index contributed by atoms with van der Waals surface area (Å²) >= 11 is 6.62. The number of hydrogen-bond donors (Lipinski definition) is 1. The first kappa shape index (κ1) is 42.3. The summed E-state index contributed by atoms with van der Waals surface area (Å²) in [4.78, 5) is 78.4. The first-order chi connectivity index (χ1) is 32.1. The number of amides is 4. The highest BCUT2D eigenvalue weighted by atomic mass is 35.5. The minimum Gasteiger partial charge on any atom is -0.492 e. The molecule has 4 aromatic rings. The van der Waals surface area contributed by atoms with Crippen LogP contribution in [0.2, 0.25) is 5.02 Å². The maximum Gasteiger partial charge on any atom is 0.282 e. The van der Waals surface area contributed by atoms with E-state index >= 15 is 0 Å². The number of carbonyl (C=O) groups excluding carboxylic acids is 4. The number of nitrogens with zero attached hydrogens (tertiary/aromatic N) is 6. The summed E-state index contributed by atoms with van der Waals surface area (Å²) in [5.74, 6) is 1.54. The lowest BCUT2D eigenvalue weighted by molar-refractivity contribution is -0.137. The van der Waals surface area contributed by atoms with Crippen LogP contribution in [0, 0.1) is 0 Å². The molecule has 8 aliphatic rings. The molecule has 0 bridgehead atoms. The number of likely N-dealkylation sites (tertiary alicyclic amines) is 3. The summed E-state index contributed by atoms with van der Waals surface area (Å²) in [6, 6.07) is 16.6. The third-order valence-corrected chi connectivity index (χ3v) is 17.6. The lowest BCUT2D eigenvalue weighted by atomic mass is 9.69. The molecule has 8 heterocycles. The van der Waals surface area contributed by atoms with Gasteiger partial charge in [-0.3, -0.25) is 33.9 Å². The molecule has 7 aliphatic heterocycles. The smallest absolute Gasteiger partial charge is 0.282 e. The fourth-order valence-electron chi connectivity index (χ4n) is 13.5. The number of piperidine rings is 4. The molecule has 3 aromatic carbocycles. The highest BCUT2D eigenvalue weighted by Gasteiger charge is 2.49. The van der Waals surface area contributed by atoms with Crippen molar-refractivity contribution in [1.82, 2.24) is 34.5 Å². The van der Waals surface area contributed by atoms with Crippen LogP contribution in [0.3, 0.4) is 0 Å². The van der Waals surface area contributed by atoms with Crippen LogP contribution < -0.4 is 15.6 Å². The third kappa shape index (κ3) is 6.76. The fourth-order valence-corrected chi connectivity index (χ4v) is 13.8. The first-order valence-electron chi connectivity index (χ1n) is 24.7. The predicted molar refractivity (Wildman–Crippen MR) is 249 cm³/mol. The highest BCUT2D eigenvalue weighted by Crippen LogP contribution is 2.53. The summed E-state index contributed by atoms with van der Waals surface area (Å²) < 4.78 is 8.67. The number of aromatic nitrogens is 2. The third-order valence-electron chi connectivity index (χ3n) is 17.3. The van der Waals surface area contributed by atoms with Crippen molar-refractivity contribution in [2.45, 2.75) is 125 Å². The lowest BCUT2D eigenvalue weighted by Crippen LogP contribution is -2.52. The van der Waals surface area contributed by atoms with Crippen LogP contribution >= 0.6 is 11.6 Å². The summed E-state index contributed by atoms with van der Waals surface area (Å²) in [5.41, 5.74) is 6.74. The van der Waals surface area contributed by atoms with Crippen molar-refractivity contribution in [3.63, 3.8) is 0 Å². The molecule has 14 heteroatoms. The number of rotatable bonds is 6. The van der Waals surface area contributed by atoms with Crippen LogP contribution in [-0.2, 0) is 31.8 Å². The molecule has 2 spiro atoms.